The molecule has 6 nitrogen and oxygen atoms in total. The number of ether oxygens (including phenoxy) is 1. The van der Waals surface area contributed by atoms with Crippen LogP contribution in [-0.4, -0.2) is 35.7 Å². The van der Waals surface area contributed by atoms with E-state index in [1.165, 1.54) is 17.4 Å². The number of methoxy groups -OCH3 is 1. The van der Waals surface area contributed by atoms with E-state index in [1.54, 1.807) is 19.2 Å². The van der Waals surface area contributed by atoms with E-state index in [9.17, 15) is 9.59 Å². The van der Waals surface area contributed by atoms with E-state index in [0.29, 0.717) is 30.1 Å². The van der Waals surface area contributed by atoms with E-state index >= 15 is 0 Å². The quantitative estimate of drug-likeness (QED) is 0.798. The highest BCUT2D eigenvalue weighted by atomic mass is 32.1. The molecule has 1 aromatic carbocycles. The molecule has 20 heavy (non-hydrogen) atoms. The molecule has 1 aromatic heterocycles. The molecule has 0 radical (unpaired) electrons. The zero-order chi connectivity index (χ0) is 14.5. The first-order valence-corrected chi connectivity index (χ1v) is 6.84. The number of hydrogen-bond acceptors (Lipinski definition) is 5. The van der Waals surface area contributed by atoms with Crippen molar-refractivity contribution in [2.45, 2.75) is 12.8 Å². The van der Waals surface area contributed by atoms with Gasteiger partial charge in [0, 0.05) is 20.1 Å². The Labute approximate surface area is 119 Å². The Kier molecular flexibility index (Phi) is 4.65. The molecule has 2 N–H and O–H groups in total. The summed E-state index contributed by atoms with van der Waals surface area (Å²) in [6, 6.07) is 4.68. The number of fused-ring (bicyclic) bond motifs is 1. The zero-order valence-electron chi connectivity index (χ0n) is 10.9. The monoisotopic (exact) mass is 294 g/mol. The number of aromatic carboxylic acids is 1. The van der Waals surface area contributed by atoms with Crippen molar-refractivity contribution in [3.8, 4) is 0 Å². The first-order valence-electron chi connectivity index (χ1n) is 6.03. The second-order valence-electron chi connectivity index (χ2n) is 4.15. The number of aromatic nitrogens is 1. The van der Waals surface area contributed by atoms with Crippen LogP contribution >= 0.6 is 11.3 Å². The van der Waals surface area contributed by atoms with Crippen LogP contribution in [0.3, 0.4) is 0 Å². The van der Waals surface area contributed by atoms with Crippen molar-refractivity contribution in [3.63, 3.8) is 0 Å². The highest BCUT2D eigenvalue weighted by Crippen LogP contribution is 2.27. The van der Waals surface area contributed by atoms with Gasteiger partial charge in [-0.3, -0.25) is 4.79 Å². The average molecular weight is 294 g/mol. The zero-order valence-corrected chi connectivity index (χ0v) is 11.7. The number of carbonyl (C=O) groups excluding carboxylic acids is 1. The summed E-state index contributed by atoms with van der Waals surface area (Å²) in [4.78, 5) is 26.8. The van der Waals surface area contributed by atoms with Gasteiger partial charge < -0.3 is 15.2 Å². The summed E-state index contributed by atoms with van der Waals surface area (Å²) in [6.45, 7) is 0.537. The van der Waals surface area contributed by atoms with Gasteiger partial charge in [0.2, 0.25) is 5.91 Å². The number of thiazole rings is 1. The molecule has 106 valence electrons. The molecule has 7 heteroatoms. The van der Waals surface area contributed by atoms with Gasteiger partial charge in [0.05, 0.1) is 15.8 Å². The van der Waals surface area contributed by atoms with E-state index in [-0.39, 0.29) is 11.5 Å². The Morgan fingerprint density at radius 2 is 2.25 bits per heavy atom. The normalized spacial score (nSPS) is 10.7. The van der Waals surface area contributed by atoms with Gasteiger partial charge in [0.1, 0.15) is 0 Å². The molecule has 0 spiro atoms. The predicted molar refractivity (Wildman–Crippen MR) is 76.3 cm³/mol. The highest BCUT2D eigenvalue weighted by Gasteiger charge is 2.10. The number of carboxylic acids is 1. The number of nitrogens with zero attached hydrogens (tertiary/aromatic N) is 1. The third kappa shape index (κ3) is 3.52. The van der Waals surface area contributed by atoms with Crippen molar-refractivity contribution in [2.75, 3.05) is 19.0 Å². The third-order valence-corrected chi connectivity index (χ3v) is 3.57. The molecule has 0 saturated carbocycles. The second kappa shape index (κ2) is 6.44. The molecule has 0 fully saturated rings. The Bertz CT molecular complexity index is 638. The molecule has 0 bridgehead atoms. The molecule has 0 atom stereocenters. The lowest BCUT2D eigenvalue weighted by Crippen LogP contribution is -2.11. The van der Waals surface area contributed by atoms with Crippen molar-refractivity contribution in [2.24, 2.45) is 0 Å². The fourth-order valence-electron chi connectivity index (χ4n) is 1.67. The number of amides is 1. The van der Waals surface area contributed by atoms with Gasteiger partial charge >= 0.3 is 5.97 Å². The molecular weight excluding hydrogens is 280 g/mol. The summed E-state index contributed by atoms with van der Waals surface area (Å²) in [5.74, 6) is -1.11. The van der Waals surface area contributed by atoms with Crippen LogP contribution in [-0.2, 0) is 9.53 Å². The number of nitrogens with one attached hydrogen (secondary N) is 1. The van der Waals surface area contributed by atoms with Crippen molar-refractivity contribution in [1.29, 1.82) is 0 Å². The number of anilines is 1. The fraction of sp³-hybridized carbons (Fsp3) is 0.308. The maximum Gasteiger partial charge on any atom is 0.335 e. The van der Waals surface area contributed by atoms with Crippen molar-refractivity contribution >= 4 is 38.6 Å². The van der Waals surface area contributed by atoms with Crippen molar-refractivity contribution in [1.82, 2.24) is 4.98 Å². The third-order valence-electron chi connectivity index (χ3n) is 2.63. The minimum atomic E-state index is -0.981. The Morgan fingerprint density at radius 3 is 2.95 bits per heavy atom. The van der Waals surface area contributed by atoms with Gasteiger partial charge in [-0.25, -0.2) is 9.78 Å². The van der Waals surface area contributed by atoms with Gasteiger partial charge in [0.25, 0.3) is 0 Å². The van der Waals surface area contributed by atoms with Gasteiger partial charge in [-0.05, 0) is 24.6 Å². The summed E-state index contributed by atoms with van der Waals surface area (Å²) in [7, 11) is 1.59. The van der Waals surface area contributed by atoms with Gasteiger partial charge in [0.15, 0.2) is 5.13 Å². The minimum Gasteiger partial charge on any atom is -0.478 e. The molecule has 0 aliphatic heterocycles. The second-order valence-corrected chi connectivity index (χ2v) is 5.18. The SMILES string of the molecule is COCCCC(=O)Nc1nc2ccc(C(=O)O)cc2s1. The summed E-state index contributed by atoms with van der Waals surface area (Å²) in [5.41, 5.74) is 0.881. The molecule has 1 heterocycles. The van der Waals surface area contributed by atoms with Crippen LogP contribution in [0.4, 0.5) is 5.13 Å². The first-order chi connectivity index (χ1) is 9.60. The smallest absolute Gasteiger partial charge is 0.335 e. The van der Waals surface area contributed by atoms with Crippen LogP contribution in [0.15, 0.2) is 18.2 Å². The van der Waals surface area contributed by atoms with E-state index in [2.05, 4.69) is 10.3 Å². The van der Waals surface area contributed by atoms with Crippen molar-refractivity contribution < 1.29 is 19.4 Å². The molecule has 0 aliphatic carbocycles. The topological polar surface area (TPSA) is 88.5 Å². The predicted octanol–water partition coefficient (Wildman–Crippen LogP) is 2.36. The number of carbonyl (C=O) groups is 2. The van der Waals surface area contributed by atoms with Crippen LogP contribution in [0.1, 0.15) is 23.2 Å². The van der Waals surface area contributed by atoms with E-state index in [4.69, 9.17) is 9.84 Å². The Morgan fingerprint density at radius 1 is 1.45 bits per heavy atom. The maximum absolute atomic E-state index is 11.6. The van der Waals surface area contributed by atoms with Gasteiger partial charge in [-0.2, -0.15) is 0 Å². The lowest BCUT2D eigenvalue weighted by Gasteiger charge is -2.00. The number of benzene rings is 1. The van der Waals surface area contributed by atoms with Crippen LogP contribution < -0.4 is 5.32 Å². The molecule has 2 rings (SSSR count). The summed E-state index contributed by atoms with van der Waals surface area (Å²) >= 11 is 1.26. The summed E-state index contributed by atoms with van der Waals surface area (Å²) in [5, 5.41) is 12.1. The maximum atomic E-state index is 11.6. The molecule has 1 amide bonds. The molecule has 2 aromatic rings. The lowest BCUT2D eigenvalue weighted by atomic mass is 10.2. The highest BCUT2D eigenvalue weighted by molar-refractivity contribution is 7.22. The van der Waals surface area contributed by atoms with Crippen molar-refractivity contribution in [3.05, 3.63) is 23.8 Å². The largest absolute Gasteiger partial charge is 0.478 e. The fourth-order valence-corrected chi connectivity index (χ4v) is 2.59. The number of carboxylic acid groups (broad SMARTS) is 1. The number of rotatable bonds is 6. The van der Waals surface area contributed by atoms with Crippen LogP contribution in [0.5, 0.6) is 0 Å². The van der Waals surface area contributed by atoms with E-state index < -0.39 is 5.97 Å². The Hall–Kier alpha value is -1.99. The lowest BCUT2D eigenvalue weighted by molar-refractivity contribution is -0.116. The summed E-state index contributed by atoms with van der Waals surface area (Å²) in [6.07, 6.45) is 1.01. The first kappa shape index (κ1) is 14.4. The van der Waals surface area contributed by atoms with Crippen LogP contribution in [0.2, 0.25) is 0 Å². The average Bonchev–Trinajstić information content (AvgIpc) is 2.79. The van der Waals surface area contributed by atoms with Gasteiger partial charge in [-0.15, -0.1) is 0 Å². The molecular formula is C13H14N2O4S. The van der Waals surface area contributed by atoms with E-state index in [1.807, 2.05) is 0 Å². The molecule has 0 unspecified atom stereocenters. The standard InChI is InChI=1S/C13H14N2O4S/c1-19-6-2-3-11(16)15-13-14-9-5-4-8(12(17)18)7-10(9)20-13/h4-5,7H,2-3,6H2,1H3,(H,17,18)(H,14,15,16). The van der Waals surface area contributed by atoms with Crippen LogP contribution in [0, 0.1) is 0 Å². The number of hydrogen-bond donors (Lipinski definition) is 2. The molecule has 0 saturated heterocycles. The summed E-state index contributed by atoms with van der Waals surface area (Å²) < 4.78 is 5.61. The molecule has 0 aliphatic rings. The van der Waals surface area contributed by atoms with Crippen LogP contribution in [0.25, 0.3) is 10.2 Å². The van der Waals surface area contributed by atoms with Gasteiger partial charge in [-0.1, -0.05) is 11.3 Å². The minimum absolute atomic E-state index is 0.125. The Balaban J connectivity index is 2.08. The van der Waals surface area contributed by atoms with E-state index in [0.717, 1.165) is 4.70 Å².